The van der Waals surface area contributed by atoms with Gasteiger partial charge in [0.2, 0.25) is 0 Å². The second-order valence-electron chi connectivity index (χ2n) is 8.66. The van der Waals surface area contributed by atoms with E-state index in [2.05, 4.69) is 38.9 Å². The molecule has 32 heavy (non-hydrogen) atoms. The summed E-state index contributed by atoms with van der Waals surface area (Å²) in [6.07, 6.45) is 5.37. The van der Waals surface area contributed by atoms with E-state index in [1.165, 1.54) is 6.21 Å². The average Bonchev–Trinajstić information content (AvgIpc) is 2.75. The first-order valence-electron chi connectivity index (χ1n) is 11.0. The summed E-state index contributed by atoms with van der Waals surface area (Å²) in [7, 11) is 3.80. The van der Waals surface area contributed by atoms with Gasteiger partial charge in [-0.2, -0.15) is 0 Å². The standard InChI is InChI=1S/C23H34ClN7O/c1-16-14-30(15-17(2)31(16)23(32)29(3)4)9-5-8-26-12-19(11-25)18-10-21-20(27-13-18)6-7-22(24)28-21/h6-7,10-13,16-17,23,25-26,32H,5,8-9,14-15H2,1-4H3/b19-12+,25-11?/t16-,17+,23?. The lowest BCUT2D eigenvalue weighted by molar-refractivity contribution is -0.146. The van der Waals surface area contributed by atoms with E-state index < -0.39 is 6.35 Å². The summed E-state index contributed by atoms with van der Waals surface area (Å²) < 4.78 is 0. The first-order chi connectivity index (χ1) is 15.3. The van der Waals surface area contributed by atoms with Crippen LogP contribution in [0.25, 0.3) is 16.6 Å². The van der Waals surface area contributed by atoms with Crippen LogP contribution in [0.4, 0.5) is 0 Å². The molecule has 1 saturated heterocycles. The van der Waals surface area contributed by atoms with Gasteiger partial charge in [-0.15, -0.1) is 0 Å². The number of aliphatic hydroxyl groups excluding tert-OH is 1. The van der Waals surface area contributed by atoms with Crippen LogP contribution in [0.3, 0.4) is 0 Å². The van der Waals surface area contributed by atoms with Gasteiger partial charge in [-0.1, -0.05) is 11.6 Å². The number of hydrogen-bond donors (Lipinski definition) is 3. The van der Waals surface area contributed by atoms with E-state index in [0.29, 0.717) is 10.7 Å². The van der Waals surface area contributed by atoms with Gasteiger partial charge >= 0.3 is 0 Å². The number of pyridine rings is 2. The molecule has 0 bridgehead atoms. The number of allylic oxidation sites excluding steroid dienone is 1. The fourth-order valence-corrected chi connectivity index (χ4v) is 4.44. The second-order valence-corrected chi connectivity index (χ2v) is 9.05. The Labute approximate surface area is 195 Å². The highest BCUT2D eigenvalue weighted by molar-refractivity contribution is 6.29. The summed E-state index contributed by atoms with van der Waals surface area (Å²) in [6, 6.07) is 6.03. The first-order valence-corrected chi connectivity index (χ1v) is 11.4. The normalized spacial score (nSPS) is 21.8. The van der Waals surface area contributed by atoms with E-state index in [4.69, 9.17) is 17.0 Å². The van der Waals surface area contributed by atoms with Gasteiger partial charge in [0.15, 0.2) is 6.35 Å². The zero-order chi connectivity index (χ0) is 23.3. The number of aromatic nitrogens is 2. The Morgan fingerprint density at radius 2 is 2.03 bits per heavy atom. The zero-order valence-corrected chi connectivity index (χ0v) is 20.0. The SMILES string of the molecule is C[C@@H]1CN(CCCN/C=C(\C=N)c2cnc3ccc(Cl)nc3c2)C[C@H](C)N1C(O)N(C)C. The van der Waals surface area contributed by atoms with Crippen molar-refractivity contribution in [2.45, 2.75) is 38.7 Å². The van der Waals surface area contributed by atoms with Gasteiger partial charge in [0.25, 0.3) is 0 Å². The molecular formula is C23H34ClN7O. The quantitative estimate of drug-likeness (QED) is 0.229. The molecule has 9 heteroatoms. The number of nitrogens with one attached hydrogen (secondary N) is 2. The molecule has 0 spiro atoms. The summed E-state index contributed by atoms with van der Waals surface area (Å²) in [4.78, 5) is 15.2. The highest BCUT2D eigenvalue weighted by Crippen LogP contribution is 2.20. The van der Waals surface area contributed by atoms with E-state index in [9.17, 15) is 5.11 Å². The Morgan fingerprint density at radius 1 is 1.31 bits per heavy atom. The van der Waals surface area contributed by atoms with Crippen molar-refractivity contribution >= 4 is 34.4 Å². The van der Waals surface area contributed by atoms with Gasteiger partial charge < -0.3 is 20.7 Å². The van der Waals surface area contributed by atoms with Gasteiger partial charge in [-0.25, -0.2) is 4.98 Å². The van der Waals surface area contributed by atoms with E-state index in [1.807, 2.05) is 37.3 Å². The number of piperazine rings is 1. The summed E-state index contributed by atoms with van der Waals surface area (Å²) in [5.41, 5.74) is 3.06. The van der Waals surface area contributed by atoms with Gasteiger partial charge in [0.1, 0.15) is 5.15 Å². The van der Waals surface area contributed by atoms with Crippen LogP contribution >= 0.6 is 11.6 Å². The van der Waals surface area contributed by atoms with Crippen molar-refractivity contribution in [3.63, 3.8) is 0 Å². The number of fused-ring (bicyclic) bond motifs is 1. The summed E-state index contributed by atoms with van der Waals surface area (Å²) in [5, 5.41) is 22.0. The molecule has 2 aromatic heterocycles. The third-order valence-electron chi connectivity index (χ3n) is 5.84. The third-order valence-corrected chi connectivity index (χ3v) is 6.05. The molecule has 0 aliphatic carbocycles. The lowest BCUT2D eigenvalue weighted by atomic mass is 10.1. The van der Waals surface area contributed by atoms with Crippen molar-refractivity contribution in [3.8, 4) is 0 Å². The predicted molar refractivity (Wildman–Crippen MR) is 131 cm³/mol. The number of aliphatic hydroxyl groups is 1. The van der Waals surface area contributed by atoms with Crippen molar-refractivity contribution < 1.29 is 5.11 Å². The summed E-state index contributed by atoms with van der Waals surface area (Å²) >= 11 is 5.99. The van der Waals surface area contributed by atoms with Crippen molar-refractivity contribution in [2.24, 2.45) is 0 Å². The highest BCUT2D eigenvalue weighted by Gasteiger charge is 2.34. The average molecular weight is 460 g/mol. The molecule has 3 rings (SSSR count). The van der Waals surface area contributed by atoms with Gasteiger partial charge in [0, 0.05) is 61.5 Å². The third kappa shape index (κ3) is 6.02. The van der Waals surface area contributed by atoms with Crippen LogP contribution < -0.4 is 5.32 Å². The summed E-state index contributed by atoms with van der Waals surface area (Å²) in [6.45, 7) is 8.02. The molecule has 1 aliphatic rings. The number of hydrogen-bond acceptors (Lipinski definition) is 8. The van der Waals surface area contributed by atoms with Crippen LogP contribution in [0.1, 0.15) is 25.8 Å². The monoisotopic (exact) mass is 459 g/mol. The second kappa shape index (κ2) is 11.2. The van der Waals surface area contributed by atoms with Crippen molar-refractivity contribution in [2.75, 3.05) is 40.3 Å². The van der Waals surface area contributed by atoms with Crippen LogP contribution in [0.5, 0.6) is 0 Å². The Bertz CT molecular complexity index is 939. The van der Waals surface area contributed by atoms with Crippen LogP contribution in [0, 0.1) is 5.41 Å². The van der Waals surface area contributed by atoms with Crippen molar-refractivity contribution in [3.05, 3.63) is 41.3 Å². The maximum Gasteiger partial charge on any atom is 0.165 e. The Morgan fingerprint density at radius 3 is 2.69 bits per heavy atom. The molecule has 0 amide bonds. The zero-order valence-electron chi connectivity index (χ0n) is 19.3. The molecule has 174 valence electrons. The molecule has 1 aliphatic heterocycles. The number of nitrogens with zero attached hydrogens (tertiary/aromatic N) is 5. The molecule has 1 fully saturated rings. The molecule has 2 aromatic rings. The molecule has 0 saturated carbocycles. The van der Waals surface area contributed by atoms with Crippen molar-refractivity contribution in [1.29, 1.82) is 5.41 Å². The first kappa shape index (κ1) is 24.5. The maximum absolute atomic E-state index is 10.4. The predicted octanol–water partition coefficient (Wildman–Crippen LogP) is 2.49. The molecule has 3 atom stereocenters. The molecule has 3 heterocycles. The molecule has 3 N–H and O–H groups in total. The van der Waals surface area contributed by atoms with Crippen LogP contribution in [0.15, 0.2) is 30.6 Å². The minimum absolute atomic E-state index is 0.288. The molecule has 1 unspecified atom stereocenters. The van der Waals surface area contributed by atoms with Crippen LogP contribution in [-0.4, -0.2) is 94.7 Å². The minimum Gasteiger partial charge on any atom is -0.390 e. The molecule has 8 nitrogen and oxygen atoms in total. The lowest BCUT2D eigenvalue weighted by Gasteiger charge is -2.47. The Hall–Kier alpha value is -2.10. The molecule has 0 radical (unpaired) electrons. The van der Waals surface area contributed by atoms with Crippen LogP contribution in [0.2, 0.25) is 5.15 Å². The lowest BCUT2D eigenvalue weighted by Crippen LogP contribution is -2.62. The highest BCUT2D eigenvalue weighted by atomic mass is 35.5. The Kier molecular flexibility index (Phi) is 8.56. The van der Waals surface area contributed by atoms with Crippen molar-refractivity contribution in [1.82, 2.24) is 30.0 Å². The topological polar surface area (TPSA) is 91.6 Å². The largest absolute Gasteiger partial charge is 0.390 e. The Balaban J connectivity index is 1.50. The minimum atomic E-state index is -0.552. The maximum atomic E-state index is 10.4. The van der Waals surface area contributed by atoms with E-state index in [1.54, 1.807) is 12.3 Å². The smallest absolute Gasteiger partial charge is 0.165 e. The number of halogens is 1. The van der Waals surface area contributed by atoms with E-state index >= 15 is 0 Å². The molecular weight excluding hydrogens is 426 g/mol. The fraction of sp³-hybridized carbons (Fsp3) is 0.522. The summed E-state index contributed by atoms with van der Waals surface area (Å²) in [5.74, 6) is 0. The van der Waals surface area contributed by atoms with Gasteiger partial charge in [0.05, 0.1) is 11.0 Å². The fourth-order valence-electron chi connectivity index (χ4n) is 4.28. The van der Waals surface area contributed by atoms with Gasteiger partial charge in [-0.05, 0) is 59.1 Å². The number of rotatable bonds is 9. The van der Waals surface area contributed by atoms with E-state index in [-0.39, 0.29) is 12.1 Å². The van der Waals surface area contributed by atoms with E-state index in [0.717, 1.165) is 49.3 Å². The van der Waals surface area contributed by atoms with Crippen LogP contribution in [-0.2, 0) is 0 Å². The van der Waals surface area contributed by atoms with Gasteiger partial charge in [-0.3, -0.25) is 14.8 Å². The molecule has 0 aromatic carbocycles.